The Kier molecular flexibility index (Phi) is 3.20. The topological polar surface area (TPSA) is 65.5 Å². The summed E-state index contributed by atoms with van der Waals surface area (Å²) in [5, 5.41) is 0. The van der Waals surface area contributed by atoms with Gasteiger partial charge in [-0.3, -0.25) is 4.79 Å². The first kappa shape index (κ1) is 14.2. The lowest BCUT2D eigenvalue weighted by atomic mass is 9.98. The maximum Gasteiger partial charge on any atom is 0.416 e. The number of carbonyl (C=O) groups excluding carboxylic acids is 1. The number of rotatable bonds is 2. The third kappa shape index (κ3) is 2.34. The van der Waals surface area contributed by atoms with Gasteiger partial charge in [-0.1, -0.05) is 12.1 Å². The van der Waals surface area contributed by atoms with Crippen LogP contribution in [0.1, 0.15) is 23.0 Å². The zero-order chi connectivity index (χ0) is 15.9. The minimum Gasteiger partial charge on any atom is -0.465 e. The number of ketones is 1. The number of Topliss-reactive ketones (excluding diaryl/α,β-unsaturated/α-hetero) is 1. The summed E-state index contributed by atoms with van der Waals surface area (Å²) in [6.45, 7) is 0. The molecule has 2 heterocycles. The van der Waals surface area contributed by atoms with E-state index in [0.717, 1.165) is 12.1 Å². The van der Waals surface area contributed by atoms with E-state index in [1.807, 2.05) is 0 Å². The number of ether oxygens (including phenoxy) is 1. The van der Waals surface area contributed by atoms with E-state index in [1.54, 1.807) is 6.07 Å². The minimum atomic E-state index is -4.51. The fraction of sp³-hybridized carbons (Fsp3) is 0.133. The second kappa shape index (κ2) is 4.94. The van der Waals surface area contributed by atoms with Gasteiger partial charge in [0, 0.05) is 0 Å². The molecule has 4 nitrogen and oxygen atoms in total. The van der Waals surface area contributed by atoms with Crippen LogP contribution in [0.4, 0.5) is 13.2 Å². The first-order valence-corrected chi connectivity index (χ1v) is 6.29. The molecule has 7 heteroatoms. The van der Waals surface area contributed by atoms with Gasteiger partial charge in [0.15, 0.2) is 11.6 Å². The molecule has 1 unspecified atom stereocenters. The van der Waals surface area contributed by atoms with Crippen molar-refractivity contribution in [3.63, 3.8) is 0 Å². The summed E-state index contributed by atoms with van der Waals surface area (Å²) >= 11 is 0. The van der Waals surface area contributed by atoms with E-state index in [-0.39, 0.29) is 22.8 Å². The maximum absolute atomic E-state index is 12.8. The predicted molar refractivity (Wildman–Crippen MR) is 70.1 cm³/mol. The van der Waals surface area contributed by atoms with Crippen molar-refractivity contribution in [2.75, 3.05) is 0 Å². The molecule has 1 aromatic heterocycles. The summed E-state index contributed by atoms with van der Waals surface area (Å²) in [6, 6.07) is 7.49. The summed E-state index contributed by atoms with van der Waals surface area (Å²) in [5.41, 5.74) is 4.79. The van der Waals surface area contributed by atoms with Crippen LogP contribution in [0.5, 0.6) is 0 Å². The Hall–Kier alpha value is -2.70. The third-order valence-corrected chi connectivity index (χ3v) is 3.26. The van der Waals surface area contributed by atoms with E-state index in [2.05, 4.69) is 0 Å². The van der Waals surface area contributed by atoms with Gasteiger partial charge in [0.05, 0.1) is 17.4 Å². The van der Waals surface area contributed by atoms with E-state index in [9.17, 15) is 18.0 Å². The van der Waals surface area contributed by atoms with Gasteiger partial charge < -0.3 is 14.9 Å². The number of carbonyl (C=O) groups is 1. The zero-order valence-corrected chi connectivity index (χ0v) is 11.1. The van der Waals surface area contributed by atoms with Crippen molar-refractivity contribution in [3.8, 4) is 0 Å². The molecule has 1 atom stereocenters. The molecule has 0 fully saturated rings. The van der Waals surface area contributed by atoms with Gasteiger partial charge in [0.2, 0.25) is 11.9 Å². The van der Waals surface area contributed by atoms with Crippen LogP contribution in [-0.4, -0.2) is 5.78 Å². The molecule has 0 saturated carbocycles. The van der Waals surface area contributed by atoms with Crippen molar-refractivity contribution in [3.05, 3.63) is 65.4 Å². The first-order valence-electron chi connectivity index (χ1n) is 6.29. The van der Waals surface area contributed by atoms with Crippen molar-refractivity contribution < 1.29 is 27.1 Å². The van der Waals surface area contributed by atoms with Crippen LogP contribution in [0, 0.1) is 0 Å². The van der Waals surface area contributed by atoms with Gasteiger partial charge in [0.1, 0.15) is 0 Å². The minimum absolute atomic E-state index is 0.0615. The zero-order valence-electron chi connectivity index (χ0n) is 11.1. The van der Waals surface area contributed by atoms with Gasteiger partial charge in [0.25, 0.3) is 0 Å². The highest BCUT2D eigenvalue weighted by Gasteiger charge is 2.38. The second-order valence-corrected chi connectivity index (χ2v) is 4.70. The van der Waals surface area contributed by atoms with Crippen LogP contribution in [0.15, 0.2) is 53.0 Å². The van der Waals surface area contributed by atoms with Crippen LogP contribution < -0.4 is 5.73 Å². The highest BCUT2D eigenvalue weighted by Crippen LogP contribution is 2.38. The summed E-state index contributed by atoms with van der Waals surface area (Å²) in [6.07, 6.45) is -4.21. The van der Waals surface area contributed by atoms with E-state index in [1.165, 1.54) is 24.5 Å². The average Bonchev–Trinajstić information content (AvgIpc) is 3.06. The van der Waals surface area contributed by atoms with Crippen molar-refractivity contribution >= 4 is 11.4 Å². The van der Waals surface area contributed by atoms with Crippen LogP contribution in [-0.2, 0) is 15.7 Å². The molecule has 0 bridgehead atoms. The molecular weight excluding hydrogens is 299 g/mol. The van der Waals surface area contributed by atoms with Gasteiger partial charge in [-0.25, -0.2) is 0 Å². The average molecular weight is 309 g/mol. The Morgan fingerprint density at radius 1 is 1.14 bits per heavy atom. The summed E-state index contributed by atoms with van der Waals surface area (Å²) in [4.78, 5) is 12.4. The maximum atomic E-state index is 12.8. The molecule has 2 aromatic rings. The molecule has 0 aliphatic carbocycles. The predicted octanol–water partition coefficient (Wildman–Crippen LogP) is 3.27. The molecule has 1 aliphatic rings. The molecular formula is C15H10F3NO3. The number of halogens is 3. The van der Waals surface area contributed by atoms with E-state index in [0.29, 0.717) is 0 Å². The van der Waals surface area contributed by atoms with Gasteiger partial charge in [-0.15, -0.1) is 0 Å². The lowest BCUT2D eigenvalue weighted by Gasteiger charge is -2.08. The number of benzene rings is 1. The molecule has 1 aliphatic heterocycles. The molecule has 0 amide bonds. The van der Waals surface area contributed by atoms with E-state index >= 15 is 0 Å². The van der Waals surface area contributed by atoms with Gasteiger partial charge >= 0.3 is 6.18 Å². The first-order chi connectivity index (χ1) is 10.4. The quantitative estimate of drug-likeness (QED) is 0.924. The Balaban J connectivity index is 1.98. The summed E-state index contributed by atoms with van der Waals surface area (Å²) < 4.78 is 48.6. The summed E-state index contributed by atoms with van der Waals surface area (Å²) in [7, 11) is 0. The molecule has 2 N–H and O–H groups in total. The Labute approximate surface area is 123 Å². The number of alkyl halides is 3. The van der Waals surface area contributed by atoms with Crippen LogP contribution in [0.3, 0.4) is 0 Å². The van der Waals surface area contributed by atoms with Crippen molar-refractivity contribution in [2.24, 2.45) is 5.73 Å². The van der Waals surface area contributed by atoms with Crippen molar-refractivity contribution in [1.82, 2.24) is 0 Å². The molecule has 0 saturated heterocycles. The number of hydrogen-bond acceptors (Lipinski definition) is 4. The van der Waals surface area contributed by atoms with Gasteiger partial charge in [-0.05, 0) is 29.8 Å². The van der Waals surface area contributed by atoms with E-state index < -0.39 is 23.6 Å². The molecule has 22 heavy (non-hydrogen) atoms. The largest absolute Gasteiger partial charge is 0.465 e. The lowest BCUT2D eigenvalue weighted by Crippen LogP contribution is -2.10. The SMILES string of the molecule is NC1=C(c2cccc(C(F)(F)F)c2)C(=O)C(c2ccco2)O1. The summed E-state index contributed by atoms with van der Waals surface area (Å²) in [5.74, 6) is -0.507. The van der Waals surface area contributed by atoms with Crippen LogP contribution >= 0.6 is 0 Å². The third-order valence-electron chi connectivity index (χ3n) is 3.26. The van der Waals surface area contributed by atoms with Gasteiger partial charge in [-0.2, -0.15) is 13.2 Å². The number of nitrogens with two attached hydrogens (primary N) is 1. The molecule has 1 aromatic carbocycles. The number of hydrogen-bond donors (Lipinski definition) is 1. The normalized spacial score (nSPS) is 18.7. The Bertz CT molecular complexity index is 748. The van der Waals surface area contributed by atoms with E-state index in [4.69, 9.17) is 14.9 Å². The Morgan fingerprint density at radius 2 is 1.91 bits per heavy atom. The lowest BCUT2D eigenvalue weighted by molar-refractivity contribution is -0.137. The molecule has 0 spiro atoms. The monoisotopic (exact) mass is 309 g/mol. The smallest absolute Gasteiger partial charge is 0.416 e. The fourth-order valence-corrected chi connectivity index (χ4v) is 2.26. The standard InChI is InChI=1S/C15H10F3NO3/c16-15(17,18)9-4-1-3-8(7-9)11-12(20)13(22-14(11)19)10-5-2-6-21-10/h1-7,13H,19H2. The molecule has 3 rings (SSSR count). The molecule has 114 valence electrons. The highest BCUT2D eigenvalue weighted by molar-refractivity contribution is 6.24. The van der Waals surface area contributed by atoms with Crippen molar-refractivity contribution in [1.29, 1.82) is 0 Å². The fourth-order valence-electron chi connectivity index (χ4n) is 2.26. The Morgan fingerprint density at radius 3 is 2.55 bits per heavy atom. The van der Waals surface area contributed by atoms with Crippen LogP contribution in [0.25, 0.3) is 5.57 Å². The van der Waals surface area contributed by atoms with Crippen LogP contribution in [0.2, 0.25) is 0 Å². The highest BCUT2D eigenvalue weighted by atomic mass is 19.4. The second-order valence-electron chi connectivity index (χ2n) is 4.70. The number of furan rings is 1. The van der Waals surface area contributed by atoms with Crippen molar-refractivity contribution in [2.45, 2.75) is 12.3 Å². The molecule has 0 radical (unpaired) electrons.